The molecule has 0 amide bonds. The number of carboxylic acids is 1. The molecule has 4 N–H and O–H groups in total. The Hall–Kier alpha value is -1.55. The van der Waals surface area contributed by atoms with E-state index in [2.05, 4.69) is 0 Å². The van der Waals surface area contributed by atoms with E-state index in [1.165, 1.54) is 18.2 Å². The highest BCUT2D eigenvalue weighted by Crippen LogP contribution is 2.18. The Labute approximate surface area is 79.4 Å². The average Bonchev–Trinajstić information content (AvgIpc) is 2.08. The van der Waals surface area contributed by atoms with Gasteiger partial charge >= 0.3 is 5.97 Å². The summed E-state index contributed by atoms with van der Waals surface area (Å²) in [5, 5.41) is 16.1. The lowest BCUT2D eigenvalue weighted by atomic mass is 10.1. The van der Waals surface area contributed by atoms with Crippen molar-refractivity contribution in [3.05, 3.63) is 28.8 Å². The van der Waals surface area contributed by atoms with Crippen LogP contribution in [0.5, 0.6) is 0 Å². The van der Waals surface area contributed by atoms with Crippen molar-refractivity contribution >= 4 is 29.0 Å². The molecule has 0 unspecified atom stereocenters. The molecule has 0 aliphatic rings. The molecule has 0 radical (unpaired) electrons. The molecule has 0 spiro atoms. The van der Waals surface area contributed by atoms with Crippen LogP contribution in [0.15, 0.2) is 18.2 Å². The fourth-order valence-corrected chi connectivity index (χ4v) is 1.03. The summed E-state index contributed by atoms with van der Waals surface area (Å²) >= 11 is 5.62. The highest BCUT2D eigenvalue weighted by Gasteiger charge is 2.12. The van der Waals surface area contributed by atoms with Gasteiger partial charge in [-0.1, -0.05) is 11.6 Å². The lowest BCUT2D eigenvalue weighted by Gasteiger charge is -2.03. The lowest BCUT2D eigenvalue weighted by Crippen LogP contribution is -2.14. The van der Waals surface area contributed by atoms with E-state index in [0.29, 0.717) is 5.02 Å². The molecular weight excluding hydrogens is 192 g/mol. The predicted molar refractivity (Wildman–Crippen MR) is 50.3 cm³/mol. The number of nitrogens with two attached hydrogens (primary N) is 1. The summed E-state index contributed by atoms with van der Waals surface area (Å²) in [5.74, 6) is -1.33. The number of halogens is 1. The van der Waals surface area contributed by atoms with Crippen LogP contribution >= 0.6 is 11.6 Å². The Morgan fingerprint density at radius 2 is 2.15 bits per heavy atom. The number of rotatable bonds is 2. The van der Waals surface area contributed by atoms with Gasteiger partial charge in [0.15, 0.2) is 0 Å². The Morgan fingerprint density at radius 3 is 2.69 bits per heavy atom. The number of aliphatic carboxylic acids is 1. The first-order valence-electron chi connectivity index (χ1n) is 3.39. The normalized spacial score (nSPS) is 9.62. The van der Waals surface area contributed by atoms with Crippen LogP contribution in [0.3, 0.4) is 0 Å². The monoisotopic (exact) mass is 198 g/mol. The molecule has 5 heteroatoms. The van der Waals surface area contributed by atoms with Gasteiger partial charge in [-0.15, -0.1) is 0 Å². The molecule has 0 fully saturated rings. The van der Waals surface area contributed by atoms with Gasteiger partial charge in [-0.3, -0.25) is 5.41 Å². The largest absolute Gasteiger partial charge is 0.477 e. The fourth-order valence-electron chi connectivity index (χ4n) is 0.860. The van der Waals surface area contributed by atoms with E-state index < -0.39 is 11.7 Å². The molecule has 0 bridgehead atoms. The zero-order valence-electron chi connectivity index (χ0n) is 6.54. The van der Waals surface area contributed by atoms with Crippen LogP contribution in [0, 0.1) is 5.41 Å². The molecule has 0 atom stereocenters. The minimum absolute atomic E-state index is 0.139. The maximum Gasteiger partial charge on any atom is 0.354 e. The summed E-state index contributed by atoms with van der Waals surface area (Å²) in [7, 11) is 0. The van der Waals surface area contributed by atoms with Crippen molar-refractivity contribution in [2.45, 2.75) is 0 Å². The van der Waals surface area contributed by atoms with Gasteiger partial charge in [0.1, 0.15) is 5.71 Å². The van der Waals surface area contributed by atoms with Crippen LogP contribution in [-0.4, -0.2) is 16.8 Å². The van der Waals surface area contributed by atoms with E-state index in [-0.39, 0.29) is 11.3 Å². The molecule has 1 aromatic rings. The first-order chi connectivity index (χ1) is 6.02. The molecule has 0 aliphatic heterocycles. The predicted octanol–water partition coefficient (Wildman–Crippen LogP) is 1.37. The molecule has 4 nitrogen and oxygen atoms in total. The summed E-state index contributed by atoms with van der Waals surface area (Å²) in [4.78, 5) is 10.4. The second kappa shape index (κ2) is 3.45. The summed E-state index contributed by atoms with van der Waals surface area (Å²) < 4.78 is 0. The quantitative estimate of drug-likeness (QED) is 0.496. The maximum atomic E-state index is 10.4. The minimum Gasteiger partial charge on any atom is -0.477 e. The minimum atomic E-state index is -1.33. The number of nitrogens with one attached hydrogen (secondary N) is 1. The molecule has 1 rings (SSSR count). The van der Waals surface area contributed by atoms with E-state index in [1.54, 1.807) is 0 Å². The first-order valence-corrected chi connectivity index (χ1v) is 3.77. The topological polar surface area (TPSA) is 87.2 Å². The van der Waals surface area contributed by atoms with Crippen molar-refractivity contribution in [3.8, 4) is 0 Å². The molecule has 0 aliphatic carbocycles. The van der Waals surface area contributed by atoms with Crippen LogP contribution in [0.1, 0.15) is 5.56 Å². The van der Waals surface area contributed by atoms with Gasteiger partial charge in [-0.25, -0.2) is 4.79 Å². The number of carboxylic acid groups (broad SMARTS) is 1. The third kappa shape index (κ3) is 1.97. The van der Waals surface area contributed by atoms with Gasteiger partial charge in [-0.2, -0.15) is 0 Å². The van der Waals surface area contributed by atoms with Crippen LogP contribution in [-0.2, 0) is 4.79 Å². The van der Waals surface area contributed by atoms with Crippen LogP contribution in [0.4, 0.5) is 5.69 Å². The number of nitrogen functional groups attached to an aromatic ring is 1. The van der Waals surface area contributed by atoms with E-state index >= 15 is 0 Å². The van der Waals surface area contributed by atoms with Gasteiger partial charge in [-0.05, 0) is 18.2 Å². The summed E-state index contributed by atoms with van der Waals surface area (Å²) in [5.41, 5.74) is 5.28. The molecule has 0 heterocycles. The fraction of sp³-hybridized carbons (Fsp3) is 0. The van der Waals surface area contributed by atoms with E-state index in [9.17, 15) is 4.79 Å². The van der Waals surface area contributed by atoms with Gasteiger partial charge in [0.25, 0.3) is 0 Å². The van der Waals surface area contributed by atoms with E-state index in [1.807, 2.05) is 0 Å². The molecule has 0 saturated carbocycles. The van der Waals surface area contributed by atoms with Gasteiger partial charge in [0.2, 0.25) is 0 Å². The number of carbonyl (C=O) groups is 1. The second-order valence-electron chi connectivity index (χ2n) is 2.41. The highest BCUT2D eigenvalue weighted by atomic mass is 35.5. The SMILES string of the molecule is N=C(C(=O)O)c1cc(Cl)ccc1N. The van der Waals surface area contributed by atoms with Gasteiger partial charge in [0, 0.05) is 16.3 Å². The van der Waals surface area contributed by atoms with Crippen molar-refractivity contribution in [2.75, 3.05) is 5.73 Å². The first kappa shape index (κ1) is 9.54. The van der Waals surface area contributed by atoms with Crippen molar-refractivity contribution in [3.63, 3.8) is 0 Å². The number of benzene rings is 1. The van der Waals surface area contributed by atoms with Gasteiger partial charge in [0.05, 0.1) is 0 Å². The summed E-state index contributed by atoms with van der Waals surface area (Å²) in [6, 6.07) is 4.36. The Bertz CT molecular complexity index is 376. The Balaban J connectivity index is 3.21. The molecule has 1 aromatic carbocycles. The van der Waals surface area contributed by atoms with E-state index in [4.69, 9.17) is 27.9 Å². The Morgan fingerprint density at radius 1 is 1.54 bits per heavy atom. The maximum absolute atomic E-state index is 10.4. The zero-order chi connectivity index (χ0) is 10.0. The van der Waals surface area contributed by atoms with Crippen LogP contribution < -0.4 is 5.73 Å². The van der Waals surface area contributed by atoms with Crippen molar-refractivity contribution in [1.82, 2.24) is 0 Å². The van der Waals surface area contributed by atoms with Crippen LogP contribution in [0.25, 0.3) is 0 Å². The molecule has 0 saturated heterocycles. The summed E-state index contributed by atoms with van der Waals surface area (Å²) in [6.07, 6.45) is 0. The third-order valence-electron chi connectivity index (χ3n) is 1.50. The van der Waals surface area contributed by atoms with E-state index in [0.717, 1.165) is 0 Å². The smallest absolute Gasteiger partial charge is 0.354 e. The Kier molecular flexibility index (Phi) is 2.53. The number of hydrogen-bond acceptors (Lipinski definition) is 3. The molecular formula is C8H7ClN2O2. The van der Waals surface area contributed by atoms with Gasteiger partial charge < -0.3 is 10.8 Å². The second-order valence-corrected chi connectivity index (χ2v) is 2.85. The average molecular weight is 199 g/mol. The van der Waals surface area contributed by atoms with Crippen LogP contribution in [0.2, 0.25) is 5.02 Å². The number of hydrogen-bond donors (Lipinski definition) is 3. The van der Waals surface area contributed by atoms with Crippen molar-refractivity contribution in [2.24, 2.45) is 0 Å². The zero-order valence-corrected chi connectivity index (χ0v) is 7.30. The molecule has 68 valence electrons. The number of anilines is 1. The van der Waals surface area contributed by atoms with Crippen molar-refractivity contribution < 1.29 is 9.90 Å². The third-order valence-corrected chi connectivity index (χ3v) is 1.73. The standard InChI is InChI=1S/C8H7ClN2O2/c9-4-1-2-6(10)5(3-4)7(11)8(12)13/h1-3,11H,10H2,(H,12,13). The summed E-state index contributed by atoms with van der Waals surface area (Å²) in [6.45, 7) is 0. The highest BCUT2D eigenvalue weighted by molar-refractivity contribution is 6.43. The lowest BCUT2D eigenvalue weighted by molar-refractivity contribution is -0.129. The van der Waals surface area contributed by atoms with Crippen molar-refractivity contribution in [1.29, 1.82) is 5.41 Å². The molecule has 0 aromatic heterocycles. The molecule has 13 heavy (non-hydrogen) atoms.